The van der Waals surface area contributed by atoms with E-state index in [0.29, 0.717) is 12.1 Å². The maximum atomic E-state index is 6.12. The smallest absolute Gasteiger partial charge is 0.0470 e. The van der Waals surface area contributed by atoms with Crippen LogP contribution in [0, 0.1) is 0 Å². The molecule has 108 valence electrons. The van der Waals surface area contributed by atoms with Gasteiger partial charge >= 0.3 is 0 Å². The molecule has 0 radical (unpaired) electrons. The number of likely N-dealkylation sites (N-methyl/N-ethyl adjacent to an activating group) is 1. The van der Waals surface area contributed by atoms with E-state index in [-0.39, 0.29) is 5.54 Å². The molecule has 3 nitrogen and oxygen atoms in total. The lowest BCUT2D eigenvalue weighted by molar-refractivity contribution is 0.0841. The van der Waals surface area contributed by atoms with Crippen molar-refractivity contribution in [2.24, 2.45) is 5.73 Å². The molecule has 1 fully saturated rings. The summed E-state index contributed by atoms with van der Waals surface area (Å²) in [5, 5.41) is 0. The van der Waals surface area contributed by atoms with Crippen LogP contribution in [0.3, 0.4) is 0 Å². The molecule has 0 spiro atoms. The Hall–Kier alpha value is 0.230. The Kier molecular flexibility index (Phi) is 6.45. The van der Waals surface area contributed by atoms with Crippen LogP contribution < -0.4 is 5.73 Å². The highest BCUT2D eigenvalue weighted by atomic mass is 32.2. The van der Waals surface area contributed by atoms with Gasteiger partial charge < -0.3 is 5.73 Å². The van der Waals surface area contributed by atoms with Gasteiger partial charge in [0.05, 0.1) is 0 Å². The van der Waals surface area contributed by atoms with Gasteiger partial charge in [-0.2, -0.15) is 11.8 Å². The van der Waals surface area contributed by atoms with E-state index in [1.54, 1.807) is 0 Å². The Morgan fingerprint density at radius 3 is 2.50 bits per heavy atom. The van der Waals surface area contributed by atoms with Crippen LogP contribution in [-0.4, -0.2) is 66.1 Å². The highest BCUT2D eigenvalue weighted by Crippen LogP contribution is 2.29. The van der Waals surface area contributed by atoms with E-state index < -0.39 is 0 Å². The molecular formula is C14H31N3S. The Morgan fingerprint density at radius 2 is 2.06 bits per heavy atom. The molecule has 2 unspecified atom stereocenters. The molecule has 0 bridgehead atoms. The van der Waals surface area contributed by atoms with Gasteiger partial charge in [-0.1, -0.05) is 0 Å². The van der Waals surface area contributed by atoms with Crippen molar-refractivity contribution in [3.05, 3.63) is 0 Å². The maximum absolute atomic E-state index is 6.12. The third-order valence-electron chi connectivity index (χ3n) is 4.62. The molecule has 1 heterocycles. The van der Waals surface area contributed by atoms with Crippen molar-refractivity contribution in [3.63, 3.8) is 0 Å². The quantitative estimate of drug-likeness (QED) is 0.767. The second-order valence-electron chi connectivity index (χ2n) is 5.98. The zero-order chi connectivity index (χ0) is 13.8. The summed E-state index contributed by atoms with van der Waals surface area (Å²) in [6.45, 7) is 9.99. The molecule has 0 aromatic rings. The van der Waals surface area contributed by atoms with E-state index in [0.717, 1.165) is 13.1 Å². The molecule has 18 heavy (non-hydrogen) atoms. The lowest BCUT2D eigenvalue weighted by Crippen LogP contribution is -2.57. The summed E-state index contributed by atoms with van der Waals surface area (Å²) in [6.07, 6.45) is 4.64. The number of hydrogen-bond acceptors (Lipinski definition) is 4. The van der Waals surface area contributed by atoms with Crippen molar-refractivity contribution < 1.29 is 0 Å². The van der Waals surface area contributed by atoms with Crippen LogP contribution in [0.2, 0.25) is 0 Å². The van der Waals surface area contributed by atoms with Crippen molar-refractivity contribution >= 4 is 11.8 Å². The fourth-order valence-electron chi connectivity index (χ4n) is 2.88. The summed E-state index contributed by atoms with van der Waals surface area (Å²) in [4.78, 5) is 5.11. The number of likely N-dealkylation sites (tertiary alicyclic amines) is 1. The summed E-state index contributed by atoms with van der Waals surface area (Å²) < 4.78 is 0. The number of hydrogen-bond donors (Lipinski definition) is 1. The van der Waals surface area contributed by atoms with Crippen LogP contribution in [0.4, 0.5) is 0 Å². The van der Waals surface area contributed by atoms with Crippen LogP contribution in [0.5, 0.6) is 0 Å². The summed E-state index contributed by atoms with van der Waals surface area (Å²) in [7, 11) is 2.27. The van der Waals surface area contributed by atoms with E-state index in [2.05, 4.69) is 43.9 Å². The zero-order valence-electron chi connectivity index (χ0n) is 12.8. The lowest BCUT2D eigenvalue weighted by atomic mass is 9.94. The minimum Gasteiger partial charge on any atom is -0.329 e. The number of thioether (sulfide) groups is 1. The second kappa shape index (κ2) is 7.13. The third kappa shape index (κ3) is 3.62. The molecule has 1 aliphatic heterocycles. The Morgan fingerprint density at radius 1 is 1.39 bits per heavy atom. The number of nitrogens with two attached hydrogens (primary N) is 1. The van der Waals surface area contributed by atoms with Crippen LogP contribution >= 0.6 is 11.8 Å². The molecule has 1 rings (SSSR count). The minimum absolute atomic E-state index is 0.197. The van der Waals surface area contributed by atoms with E-state index in [9.17, 15) is 0 Å². The predicted molar refractivity (Wildman–Crippen MR) is 83.3 cm³/mol. The van der Waals surface area contributed by atoms with Gasteiger partial charge in [-0.15, -0.1) is 0 Å². The monoisotopic (exact) mass is 273 g/mol. The highest BCUT2D eigenvalue weighted by Gasteiger charge is 2.42. The summed E-state index contributed by atoms with van der Waals surface area (Å²) in [6, 6.07) is 1.25. The average Bonchev–Trinajstić information content (AvgIpc) is 2.80. The van der Waals surface area contributed by atoms with Crippen LogP contribution in [-0.2, 0) is 0 Å². The van der Waals surface area contributed by atoms with Crippen LogP contribution in [0.1, 0.15) is 33.6 Å². The molecule has 2 atom stereocenters. The van der Waals surface area contributed by atoms with E-state index in [1.165, 1.54) is 25.1 Å². The first-order valence-corrected chi connectivity index (χ1v) is 8.52. The van der Waals surface area contributed by atoms with Gasteiger partial charge in [0.1, 0.15) is 0 Å². The van der Waals surface area contributed by atoms with Crippen molar-refractivity contribution in [1.29, 1.82) is 0 Å². The van der Waals surface area contributed by atoms with Crippen molar-refractivity contribution in [2.75, 3.05) is 38.7 Å². The van der Waals surface area contributed by atoms with Crippen LogP contribution in [0.25, 0.3) is 0 Å². The zero-order valence-corrected chi connectivity index (χ0v) is 13.6. The molecule has 0 amide bonds. The molecule has 0 saturated carbocycles. The van der Waals surface area contributed by atoms with Gasteiger partial charge in [-0.05, 0) is 52.7 Å². The van der Waals surface area contributed by atoms with Gasteiger partial charge in [0, 0.05) is 37.3 Å². The highest BCUT2D eigenvalue weighted by molar-refractivity contribution is 7.98. The minimum atomic E-state index is 0.197. The molecule has 4 heteroatoms. The maximum Gasteiger partial charge on any atom is 0.0470 e. The first-order chi connectivity index (χ1) is 8.46. The first kappa shape index (κ1) is 16.3. The van der Waals surface area contributed by atoms with Gasteiger partial charge in [-0.3, -0.25) is 9.80 Å². The van der Waals surface area contributed by atoms with Crippen molar-refractivity contribution in [3.8, 4) is 0 Å². The van der Waals surface area contributed by atoms with E-state index in [4.69, 9.17) is 5.73 Å². The summed E-state index contributed by atoms with van der Waals surface area (Å²) >= 11 is 1.93. The van der Waals surface area contributed by atoms with Gasteiger partial charge in [0.2, 0.25) is 0 Å². The van der Waals surface area contributed by atoms with Crippen molar-refractivity contribution in [1.82, 2.24) is 9.80 Å². The molecular weight excluding hydrogens is 242 g/mol. The molecule has 1 aliphatic rings. The average molecular weight is 273 g/mol. The molecule has 0 aromatic heterocycles. The predicted octanol–water partition coefficient (Wildman–Crippen LogP) is 1.87. The third-order valence-corrected chi connectivity index (χ3v) is 5.27. The molecule has 2 N–H and O–H groups in total. The van der Waals surface area contributed by atoms with Gasteiger partial charge in [0.25, 0.3) is 0 Å². The first-order valence-electron chi connectivity index (χ1n) is 7.13. The van der Waals surface area contributed by atoms with Gasteiger partial charge in [-0.25, -0.2) is 0 Å². The van der Waals surface area contributed by atoms with E-state index >= 15 is 0 Å². The molecule has 1 saturated heterocycles. The SMILES string of the molecule is CSCCC(C)N(C)C1(CN)CCN(C(C)C)C1. The normalized spacial score (nSPS) is 27.3. The fourth-order valence-corrected chi connectivity index (χ4v) is 3.45. The molecule has 0 aromatic carbocycles. The largest absolute Gasteiger partial charge is 0.329 e. The summed E-state index contributed by atoms with van der Waals surface area (Å²) in [5.74, 6) is 1.24. The van der Waals surface area contributed by atoms with Crippen LogP contribution in [0.15, 0.2) is 0 Å². The van der Waals surface area contributed by atoms with E-state index in [1.807, 2.05) is 11.8 Å². The topological polar surface area (TPSA) is 32.5 Å². The lowest BCUT2D eigenvalue weighted by Gasteiger charge is -2.42. The molecule has 0 aliphatic carbocycles. The Balaban J connectivity index is 2.64. The van der Waals surface area contributed by atoms with Gasteiger partial charge in [0.15, 0.2) is 0 Å². The fraction of sp³-hybridized carbons (Fsp3) is 1.00. The standard InChI is InChI=1S/C14H31N3S/c1-12(2)17-8-7-14(10-15,11-17)16(4)13(3)6-9-18-5/h12-13H,6-11,15H2,1-5H3. The second-order valence-corrected chi connectivity index (χ2v) is 6.97. The number of rotatable bonds is 7. The Bertz CT molecular complexity index is 247. The van der Waals surface area contributed by atoms with Crippen molar-refractivity contribution in [2.45, 2.75) is 51.2 Å². The number of nitrogens with zero attached hydrogens (tertiary/aromatic N) is 2. The summed E-state index contributed by atoms with van der Waals surface area (Å²) in [5.41, 5.74) is 6.32. The Labute approximate surface area is 117 Å².